The molecule has 21 heavy (non-hydrogen) atoms. The van der Waals surface area contributed by atoms with Crippen molar-refractivity contribution in [1.29, 1.82) is 0 Å². The minimum Gasteiger partial charge on any atom is -0.465 e. The van der Waals surface area contributed by atoms with Crippen molar-refractivity contribution in [3.63, 3.8) is 0 Å². The van der Waals surface area contributed by atoms with Crippen LogP contribution in [0.15, 0.2) is 24.3 Å². The van der Waals surface area contributed by atoms with Crippen LogP contribution in [0, 0.1) is 5.82 Å². The number of rotatable bonds is 3. The number of nitrogens with zero attached hydrogens (tertiary/aromatic N) is 2. The van der Waals surface area contributed by atoms with Crippen LogP contribution in [0.3, 0.4) is 0 Å². The Hall–Kier alpha value is -2.70. The number of esters is 2. The molecule has 0 aliphatic rings. The molecule has 0 saturated carbocycles. The zero-order valence-corrected chi connectivity index (χ0v) is 11.7. The van der Waals surface area contributed by atoms with Gasteiger partial charge in [0.2, 0.25) is 0 Å². The molecule has 0 N–H and O–H groups in total. The number of ether oxygens (including phenoxy) is 2. The van der Waals surface area contributed by atoms with Crippen molar-refractivity contribution in [2.75, 3.05) is 14.2 Å². The first-order valence-corrected chi connectivity index (χ1v) is 5.99. The highest BCUT2D eigenvalue weighted by molar-refractivity contribution is 6.06. The van der Waals surface area contributed by atoms with E-state index in [1.54, 1.807) is 7.05 Å². The van der Waals surface area contributed by atoms with Crippen LogP contribution >= 0.6 is 0 Å². The van der Waals surface area contributed by atoms with Gasteiger partial charge in [-0.25, -0.2) is 14.0 Å². The van der Waals surface area contributed by atoms with Gasteiger partial charge < -0.3 is 9.47 Å². The zero-order chi connectivity index (χ0) is 15.6. The van der Waals surface area contributed by atoms with Crippen molar-refractivity contribution in [2.24, 2.45) is 7.05 Å². The van der Waals surface area contributed by atoms with E-state index >= 15 is 0 Å². The lowest BCUT2D eigenvalue weighted by molar-refractivity contribution is 0.0552. The first-order valence-electron chi connectivity index (χ1n) is 5.99. The van der Waals surface area contributed by atoms with Crippen molar-refractivity contribution in [3.8, 4) is 11.3 Å². The van der Waals surface area contributed by atoms with Gasteiger partial charge in [0, 0.05) is 12.6 Å². The second-order valence-electron chi connectivity index (χ2n) is 4.19. The van der Waals surface area contributed by atoms with Gasteiger partial charge in [0.25, 0.3) is 0 Å². The van der Waals surface area contributed by atoms with Gasteiger partial charge in [0.05, 0.1) is 19.9 Å². The van der Waals surface area contributed by atoms with Gasteiger partial charge in [-0.15, -0.1) is 0 Å². The maximum atomic E-state index is 13.0. The molecule has 0 aliphatic heterocycles. The van der Waals surface area contributed by atoms with Crippen LogP contribution in [0.4, 0.5) is 4.39 Å². The van der Waals surface area contributed by atoms with E-state index in [1.165, 1.54) is 43.2 Å². The molecular weight excluding hydrogens is 279 g/mol. The number of carbonyl (C=O) groups is 2. The van der Waals surface area contributed by atoms with Crippen LogP contribution < -0.4 is 0 Å². The number of benzene rings is 1. The third-order valence-corrected chi connectivity index (χ3v) is 2.93. The molecule has 0 spiro atoms. The van der Waals surface area contributed by atoms with E-state index in [0.717, 1.165) is 0 Å². The fraction of sp³-hybridized carbons (Fsp3) is 0.214. The largest absolute Gasteiger partial charge is 0.465 e. The SMILES string of the molecule is COC(=O)c1nn(C)c(-c2ccc(F)cc2)c1C(=O)OC. The van der Waals surface area contributed by atoms with Gasteiger partial charge in [-0.2, -0.15) is 5.10 Å². The van der Waals surface area contributed by atoms with E-state index in [2.05, 4.69) is 9.84 Å². The fourth-order valence-electron chi connectivity index (χ4n) is 2.00. The topological polar surface area (TPSA) is 70.4 Å². The quantitative estimate of drug-likeness (QED) is 0.807. The van der Waals surface area contributed by atoms with Gasteiger partial charge in [-0.05, 0) is 24.3 Å². The molecule has 1 aromatic heterocycles. The van der Waals surface area contributed by atoms with E-state index < -0.39 is 17.8 Å². The van der Waals surface area contributed by atoms with Gasteiger partial charge in [0.15, 0.2) is 5.69 Å². The minimum atomic E-state index is -0.751. The summed E-state index contributed by atoms with van der Waals surface area (Å²) in [4.78, 5) is 23.7. The fourth-order valence-corrected chi connectivity index (χ4v) is 2.00. The zero-order valence-electron chi connectivity index (χ0n) is 11.7. The molecule has 0 amide bonds. The Labute approximate surface area is 120 Å². The second-order valence-corrected chi connectivity index (χ2v) is 4.19. The smallest absolute Gasteiger partial charge is 0.359 e. The standard InChI is InChI=1S/C14H13FN2O4/c1-17-12(8-4-6-9(15)7-5-8)10(13(18)20-2)11(16-17)14(19)21-3/h4-7H,1-3H3. The van der Waals surface area contributed by atoms with E-state index in [9.17, 15) is 14.0 Å². The summed E-state index contributed by atoms with van der Waals surface area (Å²) < 4.78 is 23.7. The monoisotopic (exact) mass is 292 g/mol. The number of hydrogen-bond donors (Lipinski definition) is 0. The lowest BCUT2D eigenvalue weighted by atomic mass is 10.1. The van der Waals surface area contributed by atoms with E-state index in [1.807, 2.05) is 0 Å². The number of aromatic nitrogens is 2. The van der Waals surface area contributed by atoms with E-state index in [-0.39, 0.29) is 11.3 Å². The highest BCUT2D eigenvalue weighted by Gasteiger charge is 2.29. The summed E-state index contributed by atoms with van der Waals surface area (Å²) in [6, 6.07) is 5.47. The Bertz CT molecular complexity index is 692. The lowest BCUT2D eigenvalue weighted by Crippen LogP contribution is -2.11. The Morgan fingerprint density at radius 3 is 2.19 bits per heavy atom. The van der Waals surface area contributed by atoms with Crippen molar-refractivity contribution in [3.05, 3.63) is 41.3 Å². The number of methoxy groups -OCH3 is 2. The van der Waals surface area contributed by atoms with Crippen molar-refractivity contribution >= 4 is 11.9 Å². The predicted molar refractivity (Wildman–Crippen MR) is 71.3 cm³/mol. The molecule has 110 valence electrons. The average molecular weight is 292 g/mol. The molecule has 0 saturated heterocycles. The van der Waals surface area contributed by atoms with Gasteiger partial charge in [-0.3, -0.25) is 4.68 Å². The Balaban J connectivity index is 2.70. The van der Waals surface area contributed by atoms with Crippen molar-refractivity contribution < 1.29 is 23.5 Å². The van der Waals surface area contributed by atoms with Crippen LogP contribution in [0.25, 0.3) is 11.3 Å². The summed E-state index contributed by atoms with van der Waals surface area (Å²) in [6.45, 7) is 0. The van der Waals surface area contributed by atoms with Crippen LogP contribution in [0.5, 0.6) is 0 Å². The Kier molecular flexibility index (Phi) is 4.02. The van der Waals surface area contributed by atoms with Crippen LogP contribution in [-0.4, -0.2) is 35.9 Å². The Morgan fingerprint density at radius 2 is 1.67 bits per heavy atom. The summed E-state index contributed by atoms with van der Waals surface area (Å²) >= 11 is 0. The van der Waals surface area contributed by atoms with Crippen molar-refractivity contribution in [2.45, 2.75) is 0 Å². The van der Waals surface area contributed by atoms with Crippen LogP contribution in [-0.2, 0) is 16.5 Å². The molecule has 0 aliphatic carbocycles. The molecule has 0 bridgehead atoms. The summed E-state index contributed by atoms with van der Waals surface area (Å²) in [5.74, 6) is -1.88. The summed E-state index contributed by atoms with van der Waals surface area (Å²) in [5, 5.41) is 4.00. The first-order chi connectivity index (χ1) is 9.99. The lowest BCUT2D eigenvalue weighted by Gasteiger charge is -2.05. The van der Waals surface area contributed by atoms with Crippen molar-refractivity contribution in [1.82, 2.24) is 9.78 Å². The summed E-state index contributed by atoms with van der Waals surface area (Å²) in [6.07, 6.45) is 0. The molecule has 0 fully saturated rings. The van der Waals surface area contributed by atoms with Crippen LogP contribution in [0.1, 0.15) is 20.8 Å². The van der Waals surface area contributed by atoms with Gasteiger partial charge in [-0.1, -0.05) is 0 Å². The number of hydrogen-bond acceptors (Lipinski definition) is 5. The summed E-state index contributed by atoms with van der Waals surface area (Å²) in [5.41, 5.74) is 0.717. The average Bonchev–Trinajstić information content (AvgIpc) is 2.84. The third kappa shape index (κ3) is 2.62. The molecule has 1 heterocycles. The minimum absolute atomic E-state index is 0.0153. The highest BCUT2D eigenvalue weighted by atomic mass is 19.1. The van der Waals surface area contributed by atoms with E-state index in [0.29, 0.717) is 11.3 Å². The molecule has 1 aromatic carbocycles. The maximum Gasteiger partial charge on any atom is 0.359 e. The van der Waals surface area contributed by atoms with Gasteiger partial charge in [0.1, 0.15) is 11.4 Å². The normalized spacial score (nSPS) is 10.3. The number of aryl methyl sites for hydroxylation is 1. The molecular formula is C14H13FN2O4. The Morgan fingerprint density at radius 1 is 1.10 bits per heavy atom. The molecule has 0 radical (unpaired) electrons. The maximum absolute atomic E-state index is 13.0. The highest BCUT2D eigenvalue weighted by Crippen LogP contribution is 2.27. The number of halogens is 1. The molecule has 7 heteroatoms. The number of carbonyl (C=O) groups excluding carboxylic acids is 2. The summed E-state index contributed by atoms with van der Waals surface area (Å²) in [7, 11) is 3.96. The molecule has 2 rings (SSSR count). The van der Waals surface area contributed by atoms with E-state index in [4.69, 9.17) is 4.74 Å². The molecule has 2 aromatic rings. The molecule has 0 unspecified atom stereocenters. The van der Waals surface area contributed by atoms with Crippen LogP contribution in [0.2, 0.25) is 0 Å². The second kappa shape index (κ2) is 5.74. The molecule has 0 atom stereocenters. The first kappa shape index (κ1) is 14.7. The van der Waals surface area contributed by atoms with Gasteiger partial charge >= 0.3 is 11.9 Å². The molecule has 6 nitrogen and oxygen atoms in total. The third-order valence-electron chi connectivity index (χ3n) is 2.93. The predicted octanol–water partition coefficient (Wildman–Crippen LogP) is 1.80.